The van der Waals surface area contributed by atoms with Crippen molar-refractivity contribution in [2.24, 2.45) is 7.05 Å². The summed E-state index contributed by atoms with van der Waals surface area (Å²) >= 11 is 0. The highest BCUT2D eigenvalue weighted by molar-refractivity contribution is 5.80. The molecule has 0 fully saturated rings. The smallest absolute Gasteiger partial charge is 0.262 e. The topological polar surface area (TPSA) is 55.4 Å². The van der Waals surface area contributed by atoms with Gasteiger partial charge >= 0.3 is 0 Å². The number of rotatable bonds is 4. The predicted octanol–water partition coefficient (Wildman–Crippen LogP) is 2.21. The fourth-order valence-corrected chi connectivity index (χ4v) is 3.19. The Hall–Kier alpha value is -2.99. The number of hydrogen-bond donors (Lipinski definition) is 0. The number of fused-ring (bicyclic) bond motifs is 3. The molecule has 0 unspecified atom stereocenters. The largest absolute Gasteiger partial charge is 0.295 e. The Morgan fingerprint density at radius 2 is 1.68 bits per heavy atom. The van der Waals surface area contributed by atoms with E-state index in [1.165, 1.54) is 5.56 Å². The van der Waals surface area contributed by atoms with E-state index >= 15 is 0 Å². The highest BCUT2D eigenvalue weighted by Gasteiger charge is 2.15. The fraction of sp³-hybridized carbons (Fsp3) is 0.211. The summed E-state index contributed by atoms with van der Waals surface area (Å²) in [5, 5.41) is 9.25. The molecule has 0 aliphatic heterocycles. The molecule has 0 aliphatic rings. The Balaban J connectivity index is 1.77. The number of aryl methyl sites for hydroxylation is 1. The average Bonchev–Trinajstić information content (AvgIpc) is 3.04. The number of benzene rings is 2. The van der Waals surface area contributed by atoms with Crippen LogP contribution < -0.4 is 5.56 Å². The molecule has 0 radical (unpaired) electrons. The summed E-state index contributed by atoms with van der Waals surface area (Å²) in [6.07, 6.45) is 0. The van der Waals surface area contributed by atoms with E-state index in [1.807, 2.05) is 46.9 Å². The molecule has 6 nitrogen and oxygen atoms in total. The van der Waals surface area contributed by atoms with Crippen LogP contribution in [0.1, 0.15) is 11.4 Å². The van der Waals surface area contributed by atoms with Crippen LogP contribution in [0.4, 0.5) is 0 Å². The standard InChI is InChI=1S/C19H19N5O/c1-22(12-14-8-4-3-5-9-14)13-17-20-21-19-23(2)18(25)15-10-6-7-11-16(15)24(17)19/h3-11H,12-13H2,1-2H3. The van der Waals surface area contributed by atoms with Gasteiger partial charge in [0.15, 0.2) is 5.82 Å². The highest BCUT2D eigenvalue weighted by Crippen LogP contribution is 2.15. The molecule has 2 aromatic carbocycles. The molecule has 126 valence electrons. The molecule has 2 aromatic heterocycles. The van der Waals surface area contributed by atoms with E-state index in [1.54, 1.807) is 11.6 Å². The van der Waals surface area contributed by atoms with Gasteiger partial charge in [0.2, 0.25) is 5.78 Å². The van der Waals surface area contributed by atoms with Crippen molar-refractivity contribution >= 4 is 16.7 Å². The lowest BCUT2D eigenvalue weighted by atomic mass is 10.2. The Labute approximate surface area is 145 Å². The van der Waals surface area contributed by atoms with Gasteiger partial charge in [-0.1, -0.05) is 42.5 Å². The van der Waals surface area contributed by atoms with Crippen LogP contribution in [0.25, 0.3) is 16.7 Å². The summed E-state index contributed by atoms with van der Waals surface area (Å²) in [7, 11) is 3.79. The minimum absolute atomic E-state index is 0.0558. The van der Waals surface area contributed by atoms with Gasteiger partial charge < -0.3 is 0 Å². The molecule has 25 heavy (non-hydrogen) atoms. The van der Waals surface area contributed by atoms with Crippen LogP contribution in [0.3, 0.4) is 0 Å². The van der Waals surface area contributed by atoms with Crippen molar-refractivity contribution in [2.75, 3.05) is 7.05 Å². The van der Waals surface area contributed by atoms with Crippen molar-refractivity contribution in [3.63, 3.8) is 0 Å². The molecule has 0 atom stereocenters. The predicted molar refractivity (Wildman–Crippen MR) is 97.3 cm³/mol. The summed E-state index contributed by atoms with van der Waals surface area (Å²) in [5.74, 6) is 1.38. The second-order valence-electron chi connectivity index (χ2n) is 6.29. The van der Waals surface area contributed by atoms with Gasteiger partial charge in [-0.05, 0) is 24.7 Å². The number of nitrogens with zero attached hydrogens (tertiary/aromatic N) is 5. The first kappa shape index (κ1) is 15.5. The van der Waals surface area contributed by atoms with Gasteiger partial charge in [-0.15, -0.1) is 10.2 Å². The molecule has 0 aliphatic carbocycles. The number of aromatic nitrogens is 4. The van der Waals surface area contributed by atoms with Gasteiger partial charge in [-0.2, -0.15) is 0 Å². The second-order valence-corrected chi connectivity index (χ2v) is 6.29. The van der Waals surface area contributed by atoms with Crippen LogP contribution in [0, 0.1) is 0 Å². The van der Waals surface area contributed by atoms with E-state index in [0.717, 1.165) is 17.9 Å². The summed E-state index contributed by atoms with van der Waals surface area (Å²) in [6, 6.07) is 17.9. The zero-order valence-electron chi connectivity index (χ0n) is 14.3. The molecule has 6 heteroatoms. The lowest BCUT2D eigenvalue weighted by molar-refractivity contribution is 0.310. The van der Waals surface area contributed by atoms with E-state index in [2.05, 4.69) is 34.3 Å². The van der Waals surface area contributed by atoms with Crippen LogP contribution in [-0.4, -0.2) is 31.1 Å². The third-order valence-corrected chi connectivity index (χ3v) is 4.40. The molecule has 2 heterocycles. The van der Waals surface area contributed by atoms with E-state index in [0.29, 0.717) is 17.7 Å². The Kier molecular flexibility index (Phi) is 3.82. The van der Waals surface area contributed by atoms with Gasteiger partial charge in [0, 0.05) is 13.6 Å². The van der Waals surface area contributed by atoms with Gasteiger partial charge in [0.1, 0.15) is 0 Å². The first-order valence-electron chi connectivity index (χ1n) is 8.19. The minimum Gasteiger partial charge on any atom is -0.295 e. The van der Waals surface area contributed by atoms with Crippen LogP contribution in [0.2, 0.25) is 0 Å². The normalized spacial score (nSPS) is 11.6. The van der Waals surface area contributed by atoms with E-state index < -0.39 is 0 Å². The van der Waals surface area contributed by atoms with Crippen LogP contribution in [0.5, 0.6) is 0 Å². The first-order valence-corrected chi connectivity index (χ1v) is 8.19. The summed E-state index contributed by atoms with van der Waals surface area (Å²) in [4.78, 5) is 14.7. The molecular weight excluding hydrogens is 314 g/mol. The highest BCUT2D eigenvalue weighted by atomic mass is 16.1. The maximum Gasteiger partial charge on any atom is 0.262 e. The van der Waals surface area contributed by atoms with Crippen LogP contribution in [-0.2, 0) is 20.1 Å². The quantitative estimate of drug-likeness (QED) is 0.575. The molecule has 4 rings (SSSR count). The van der Waals surface area contributed by atoms with E-state index in [9.17, 15) is 4.79 Å². The lowest BCUT2D eigenvalue weighted by Crippen LogP contribution is -2.22. The minimum atomic E-state index is -0.0558. The number of hydrogen-bond acceptors (Lipinski definition) is 4. The van der Waals surface area contributed by atoms with Gasteiger partial charge in [0.05, 0.1) is 17.4 Å². The monoisotopic (exact) mass is 333 g/mol. The lowest BCUT2D eigenvalue weighted by Gasteiger charge is -2.16. The fourth-order valence-electron chi connectivity index (χ4n) is 3.19. The summed E-state index contributed by atoms with van der Waals surface area (Å²) < 4.78 is 3.52. The maximum atomic E-state index is 12.5. The van der Waals surface area contributed by atoms with E-state index in [-0.39, 0.29) is 5.56 Å². The summed E-state index contributed by atoms with van der Waals surface area (Å²) in [6.45, 7) is 1.46. The molecule has 0 saturated heterocycles. The molecule has 0 bridgehead atoms. The van der Waals surface area contributed by atoms with Crippen LogP contribution >= 0.6 is 0 Å². The average molecular weight is 333 g/mol. The van der Waals surface area contributed by atoms with Crippen molar-refractivity contribution in [2.45, 2.75) is 13.1 Å². The first-order chi connectivity index (χ1) is 12.1. The zero-order chi connectivity index (χ0) is 17.4. The van der Waals surface area contributed by atoms with Crippen LogP contribution in [0.15, 0.2) is 59.4 Å². The zero-order valence-corrected chi connectivity index (χ0v) is 14.3. The van der Waals surface area contributed by atoms with Gasteiger partial charge in [-0.3, -0.25) is 18.7 Å². The van der Waals surface area contributed by atoms with Crippen molar-refractivity contribution in [1.29, 1.82) is 0 Å². The SMILES string of the molecule is CN(Cc1ccccc1)Cc1nnc2n(C)c(=O)c3ccccc3n12. The summed E-state index contributed by atoms with van der Waals surface area (Å²) in [5.41, 5.74) is 2.03. The molecule has 0 spiro atoms. The maximum absolute atomic E-state index is 12.5. The Morgan fingerprint density at radius 3 is 2.48 bits per heavy atom. The number of para-hydroxylation sites is 1. The molecule has 4 aromatic rings. The van der Waals surface area contributed by atoms with Crippen molar-refractivity contribution in [3.8, 4) is 0 Å². The molecule has 0 saturated carbocycles. The van der Waals surface area contributed by atoms with Crippen molar-refractivity contribution in [3.05, 3.63) is 76.3 Å². The van der Waals surface area contributed by atoms with Gasteiger partial charge in [-0.25, -0.2) is 0 Å². The molecular formula is C19H19N5O. The molecule has 0 N–H and O–H groups in total. The Morgan fingerprint density at radius 1 is 0.960 bits per heavy atom. The van der Waals surface area contributed by atoms with Crippen molar-refractivity contribution < 1.29 is 0 Å². The third-order valence-electron chi connectivity index (χ3n) is 4.40. The second kappa shape index (κ2) is 6.14. The van der Waals surface area contributed by atoms with E-state index in [4.69, 9.17) is 0 Å². The third kappa shape index (κ3) is 2.70. The molecule has 0 amide bonds. The van der Waals surface area contributed by atoms with Gasteiger partial charge in [0.25, 0.3) is 5.56 Å². The van der Waals surface area contributed by atoms with Crippen molar-refractivity contribution in [1.82, 2.24) is 24.1 Å². The Bertz CT molecular complexity index is 1100.